The molecule has 8 nitrogen and oxygen atoms in total. The summed E-state index contributed by atoms with van der Waals surface area (Å²) in [5, 5.41) is 10.2. The highest BCUT2D eigenvalue weighted by Crippen LogP contribution is 2.53. The van der Waals surface area contributed by atoms with E-state index in [4.69, 9.17) is 29.9 Å². The molecule has 6 aromatic heterocycles. The average molecular weight is 1930 g/mol. The molecule has 6 heterocycles. The minimum Gasteiger partial charge on any atom is -0.309 e. The number of benzene rings is 21. The molecule has 0 saturated heterocycles. The van der Waals surface area contributed by atoms with E-state index in [-0.39, 0.29) is 10.8 Å². The van der Waals surface area contributed by atoms with Gasteiger partial charge in [0.25, 0.3) is 0 Å². The number of hydrogen-bond donors (Lipinski definition) is 0. The standard InChI is InChI=1S/C48H33N3S.C48H35N3.C42H26N2S/c1-48(2)41-20-8-6-16-36(41)37-27-26-35(29-42(37)48)46-49-45(50-47(51-46)40-19-11-18-39-38-17-7-9-21-43(38)52-44(39)40)34-15-10-14-33(28-34)32-24-22-31(23-25-32)30-12-4-3-5-13-30;1-48(2)43-22-10-9-21-41(43)42-28-27-40(31-44(42)48)47-50-45(38-19-11-17-36(29-38)33-15-7-4-8-16-33)49-46(51-47)39-20-12-18-37(30-39)35-25-23-34(24-26-35)32-13-5-3-6-14-32;1-5-18-36-30(13-1)31-14-2-6-19-37(31)43(36)29-12-9-11-27(25-29)28-23-24-39-35(26-28)32-15-3-7-20-38(32)44(39)40-21-10-17-34-33-16-4-8-22-41(33)45-42(34)40/h3-29H,1-2H3;3-31H,1-2H3;1-26H. The zero-order valence-electron chi connectivity index (χ0n) is 81.7. The Labute approximate surface area is 866 Å². The number of thiophene rings is 2. The normalized spacial score (nSPS) is 12.6. The number of rotatable bonds is 14. The van der Waals surface area contributed by atoms with Crippen LogP contribution in [0.1, 0.15) is 49.9 Å². The summed E-state index contributed by atoms with van der Waals surface area (Å²) in [6.07, 6.45) is 0. The fraction of sp³-hybridized carbons (Fsp3) is 0.0435. The zero-order valence-corrected chi connectivity index (χ0v) is 83.4. The van der Waals surface area contributed by atoms with Crippen molar-refractivity contribution >= 4 is 107 Å². The number of para-hydroxylation sites is 3. The molecule has 21 aromatic carbocycles. The first kappa shape index (κ1) is 88.6. The van der Waals surface area contributed by atoms with Crippen molar-refractivity contribution in [2.45, 2.75) is 38.5 Å². The molecule has 0 aliphatic heterocycles. The summed E-state index contributed by atoms with van der Waals surface area (Å²) < 4.78 is 9.94. The molecule has 0 atom stereocenters. The minimum atomic E-state index is -0.131. The molecule has 0 saturated carbocycles. The van der Waals surface area contributed by atoms with Crippen LogP contribution in [0, 0.1) is 0 Å². The van der Waals surface area contributed by atoms with Crippen LogP contribution in [0.4, 0.5) is 0 Å². The maximum Gasteiger partial charge on any atom is 0.165 e. The number of fused-ring (bicyclic) bond motifs is 18. The molecule has 0 radical (unpaired) electrons. The molecule has 148 heavy (non-hydrogen) atoms. The Hall–Kier alpha value is -18.3. The van der Waals surface area contributed by atoms with Gasteiger partial charge in [-0.15, -0.1) is 22.7 Å². The van der Waals surface area contributed by atoms with E-state index in [1.807, 2.05) is 23.5 Å². The molecule has 0 unspecified atom stereocenters. The Balaban J connectivity index is 0.000000110. The molecule has 2 aliphatic rings. The van der Waals surface area contributed by atoms with Gasteiger partial charge in [0.2, 0.25) is 0 Å². The van der Waals surface area contributed by atoms with Crippen LogP contribution in [0.25, 0.3) is 253 Å². The molecule has 27 aromatic rings. The molecule has 0 N–H and O–H groups in total. The fourth-order valence-corrected chi connectivity index (χ4v) is 25.0. The minimum absolute atomic E-state index is 0.130. The van der Waals surface area contributed by atoms with Crippen molar-refractivity contribution in [3.63, 3.8) is 0 Å². The molecule has 0 amide bonds. The van der Waals surface area contributed by atoms with Crippen LogP contribution in [0.3, 0.4) is 0 Å². The highest BCUT2D eigenvalue weighted by atomic mass is 32.1. The van der Waals surface area contributed by atoms with Crippen molar-refractivity contribution in [1.82, 2.24) is 39.0 Å². The molecule has 698 valence electrons. The quantitative estimate of drug-likeness (QED) is 0.108. The van der Waals surface area contributed by atoms with Crippen LogP contribution in [0.15, 0.2) is 497 Å². The lowest BCUT2D eigenvalue weighted by atomic mass is 9.82. The Morgan fingerprint density at radius 2 is 0.453 bits per heavy atom. The van der Waals surface area contributed by atoms with Crippen molar-refractivity contribution < 1.29 is 0 Å². The third-order valence-electron chi connectivity index (χ3n) is 30.0. The van der Waals surface area contributed by atoms with Crippen molar-refractivity contribution in [2.24, 2.45) is 0 Å². The van der Waals surface area contributed by atoms with Crippen molar-refractivity contribution in [2.75, 3.05) is 0 Å². The van der Waals surface area contributed by atoms with E-state index in [9.17, 15) is 0 Å². The van der Waals surface area contributed by atoms with Gasteiger partial charge in [0.05, 0.1) is 32.5 Å². The summed E-state index contributed by atoms with van der Waals surface area (Å²) in [6, 6.07) is 178. The maximum atomic E-state index is 5.25. The number of nitrogens with zero attached hydrogens (tertiary/aromatic N) is 8. The molecule has 0 spiro atoms. The summed E-state index contributed by atoms with van der Waals surface area (Å²) in [5.74, 6) is 3.96. The van der Waals surface area contributed by atoms with E-state index < -0.39 is 0 Å². The van der Waals surface area contributed by atoms with Crippen LogP contribution in [0.2, 0.25) is 0 Å². The van der Waals surface area contributed by atoms with E-state index >= 15 is 0 Å². The highest BCUT2D eigenvalue weighted by Gasteiger charge is 2.38. The van der Waals surface area contributed by atoms with Gasteiger partial charge < -0.3 is 9.13 Å². The smallest absolute Gasteiger partial charge is 0.165 e. The van der Waals surface area contributed by atoms with Gasteiger partial charge >= 0.3 is 0 Å². The van der Waals surface area contributed by atoms with Gasteiger partial charge in [0, 0.05) is 107 Å². The monoisotopic (exact) mass is 1930 g/mol. The van der Waals surface area contributed by atoms with E-state index in [2.05, 4.69) is 522 Å². The third kappa shape index (κ3) is 15.7. The van der Waals surface area contributed by atoms with E-state index in [1.165, 1.54) is 173 Å². The number of aromatic nitrogens is 8. The van der Waals surface area contributed by atoms with Crippen molar-refractivity contribution in [1.29, 1.82) is 0 Å². The summed E-state index contributed by atoms with van der Waals surface area (Å²) in [7, 11) is 0. The largest absolute Gasteiger partial charge is 0.309 e. The Kier molecular flexibility index (Phi) is 21.9. The summed E-state index contributed by atoms with van der Waals surface area (Å²) in [4.78, 5) is 31.1. The van der Waals surface area contributed by atoms with Gasteiger partial charge in [0.1, 0.15) is 0 Å². The maximum absolute atomic E-state index is 5.25. The lowest BCUT2D eigenvalue weighted by molar-refractivity contribution is 0.660. The van der Waals surface area contributed by atoms with Crippen molar-refractivity contribution in [3.05, 3.63) is 520 Å². The molecule has 29 rings (SSSR count). The van der Waals surface area contributed by atoms with E-state index in [1.54, 1.807) is 11.3 Å². The zero-order chi connectivity index (χ0) is 98.7. The Morgan fingerprint density at radius 3 is 0.926 bits per heavy atom. The van der Waals surface area contributed by atoms with Gasteiger partial charge in [-0.1, -0.05) is 428 Å². The van der Waals surface area contributed by atoms with Gasteiger partial charge in [-0.05, 0) is 208 Å². The van der Waals surface area contributed by atoms with Crippen LogP contribution >= 0.6 is 22.7 Å². The van der Waals surface area contributed by atoms with Gasteiger partial charge in [-0.2, -0.15) is 0 Å². The molecule has 0 fully saturated rings. The topological polar surface area (TPSA) is 87.2 Å². The van der Waals surface area contributed by atoms with Crippen LogP contribution < -0.4 is 0 Å². The molecule has 2 aliphatic carbocycles. The molecule has 0 bridgehead atoms. The highest BCUT2D eigenvalue weighted by molar-refractivity contribution is 7.26. The Morgan fingerprint density at radius 1 is 0.169 bits per heavy atom. The first-order valence-corrected chi connectivity index (χ1v) is 52.1. The van der Waals surface area contributed by atoms with Gasteiger partial charge in [-0.25, -0.2) is 29.9 Å². The fourth-order valence-electron chi connectivity index (χ4n) is 22.6. The molecular formula is C138H94N8S2. The lowest BCUT2D eigenvalue weighted by Crippen LogP contribution is -2.15. The molecule has 10 heteroatoms. The Bertz CT molecular complexity index is 9870. The second kappa shape index (κ2) is 36.5. The van der Waals surface area contributed by atoms with Crippen molar-refractivity contribution in [3.8, 4) is 169 Å². The predicted octanol–water partition coefficient (Wildman–Crippen LogP) is 37.0. The van der Waals surface area contributed by atoms with E-state index in [0.717, 1.165) is 66.8 Å². The second-order valence-corrected chi connectivity index (χ2v) is 41.6. The second-order valence-electron chi connectivity index (χ2n) is 39.5. The third-order valence-corrected chi connectivity index (χ3v) is 32.5. The number of hydrogen-bond acceptors (Lipinski definition) is 8. The van der Waals surface area contributed by atoms with Gasteiger partial charge in [0.15, 0.2) is 34.9 Å². The average Bonchev–Trinajstić information content (AvgIpc) is 1.51. The predicted molar refractivity (Wildman–Crippen MR) is 621 cm³/mol. The molecular weight excluding hydrogens is 1830 g/mol. The van der Waals surface area contributed by atoms with Gasteiger partial charge in [-0.3, -0.25) is 0 Å². The first-order chi connectivity index (χ1) is 72.8. The van der Waals surface area contributed by atoms with Crippen LogP contribution in [-0.2, 0) is 10.8 Å². The van der Waals surface area contributed by atoms with Crippen LogP contribution in [-0.4, -0.2) is 39.0 Å². The lowest BCUT2D eigenvalue weighted by Gasteiger charge is -2.21. The summed E-state index contributed by atoms with van der Waals surface area (Å²) >= 11 is 3.68. The SMILES string of the molecule is CC1(C)c2ccccc2-c2ccc(-c3nc(-c4cccc(-c5ccc(-c6ccccc6)cc5)c4)nc(-c4cccc5c4sc4ccccc45)n3)cc21.CC1(C)c2ccccc2-c2ccc(-c3nc(-c4cccc(-c5ccccc5)c4)nc(-c4cccc(-c5ccc(-c6ccccc6)cc5)c4)n3)cc21.c1cc(-c2ccc3c(c2)c2ccccc2n3-c2cccc3c2sc2ccccc23)cc(-n2c3ccccc3c3ccccc32)c1. The first-order valence-electron chi connectivity index (χ1n) is 50.5. The van der Waals surface area contributed by atoms with E-state index in [0.29, 0.717) is 34.9 Å². The summed E-state index contributed by atoms with van der Waals surface area (Å²) in [6.45, 7) is 9.23. The summed E-state index contributed by atoms with van der Waals surface area (Å²) in [5.41, 5.74) is 37.3. The van der Waals surface area contributed by atoms with Crippen LogP contribution in [0.5, 0.6) is 0 Å².